The van der Waals surface area contributed by atoms with Crippen LogP contribution in [-0.2, 0) is 0 Å². The molecule has 0 fully saturated rings. The predicted molar refractivity (Wildman–Crippen MR) is 91.1 cm³/mol. The Morgan fingerprint density at radius 2 is 1.82 bits per heavy atom. The van der Waals surface area contributed by atoms with Crippen LogP contribution in [0.1, 0.15) is 42.6 Å². The van der Waals surface area contributed by atoms with E-state index < -0.39 is 0 Å². The molecular formula is C19H21ClO2. The van der Waals surface area contributed by atoms with Crippen LogP contribution in [0.4, 0.5) is 0 Å². The van der Waals surface area contributed by atoms with Crippen molar-refractivity contribution < 1.29 is 9.53 Å². The Balaban J connectivity index is 2.09. The van der Waals surface area contributed by atoms with Crippen LogP contribution in [0.15, 0.2) is 42.5 Å². The minimum atomic E-state index is 0.123. The molecule has 2 rings (SSSR count). The Labute approximate surface area is 137 Å². The second kappa shape index (κ2) is 7.46. The minimum Gasteiger partial charge on any atom is -0.456 e. The van der Waals surface area contributed by atoms with Crippen LogP contribution in [-0.4, -0.2) is 5.78 Å². The molecule has 22 heavy (non-hydrogen) atoms. The third-order valence-corrected chi connectivity index (χ3v) is 3.75. The predicted octanol–water partition coefficient (Wildman–Crippen LogP) is 6.06. The first-order valence-corrected chi connectivity index (χ1v) is 7.91. The van der Waals surface area contributed by atoms with Gasteiger partial charge < -0.3 is 4.74 Å². The summed E-state index contributed by atoms with van der Waals surface area (Å²) in [5.41, 5.74) is 1.81. The highest BCUT2D eigenvalue weighted by Gasteiger charge is 2.11. The molecule has 0 aliphatic heterocycles. The van der Waals surface area contributed by atoms with Crippen molar-refractivity contribution in [3.05, 3.63) is 58.6 Å². The van der Waals surface area contributed by atoms with Crippen LogP contribution in [0.3, 0.4) is 0 Å². The van der Waals surface area contributed by atoms with Crippen LogP contribution in [0.2, 0.25) is 5.02 Å². The zero-order valence-corrected chi connectivity index (χ0v) is 14.0. The number of carbonyl (C=O) groups is 1. The average Bonchev–Trinajstić information content (AvgIpc) is 2.49. The van der Waals surface area contributed by atoms with Gasteiger partial charge in [-0.05, 0) is 49.6 Å². The van der Waals surface area contributed by atoms with Crippen LogP contribution in [0.25, 0.3) is 0 Å². The lowest BCUT2D eigenvalue weighted by molar-refractivity contribution is 0.0975. The standard InChI is InChI=1S/C19H21ClO2/c1-13(2)4-10-18(21)15-7-11-19(17(20)12-15)22-16-8-5-14(3)6-9-16/h5-9,11-13H,4,10H2,1-3H3. The van der Waals surface area contributed by atoms with Crippen LogP contribution >= 0.6 is 11.6 Å². The Morgan fingerprint density at radius 1 is 1.14 bits per heavy atom. The highest BCUT2D eigenvalue weighted by molar-refractivity contribution is 6.32. The third kappa shape index (κ3) is 4.60. The first kappa shape index (κ1) is 16.6. The van der Waals surface area contributed by atoms with Crippen molar-refractivity contribution in [3.63, 3.8) is 0 Å². The van der Waals surface area contributed by atoms with Gasteiger partial charge >= 0.3 is 0 Å². The Hall–Kier alpha value is -1.80. The molecule has 2 aromatic carbocycles. The van der Waals surface area contributed by atoms with Gasteiger partial charge in [-0.3, -0.25) is 4.79 Å². The molecular weight excluding hydrogens is 296 g/mol. The quantitative estimate of drug-likeness (QED) is 0.605. The van der Waals surface area contributed by atoms with Gasteiger partial charge in [0.15, 0.2) is 5.78 Å². The van der Waals surface area contributed by atoms with E-state index in [1.54, 1.807) is 18.2 Å². The molecule has 0 aliphatic rings. The fourth-order valence-electron chi connectivity index (χ4n) is 2.05. The number of Topliss-reactive ketones (excluding diaryl/α,β-unsaturated/α-hetero) is 1. The van der Waals surface area contributed by atoms with E-state index in [1.165, 1.54) is 5.56 Å². The van der Waals surface area contributed by atoms with Gasteiger partial charge in [0.2, 0.25) is 0 Å². The molecule has 0 unspecified atom stereocenters. The first-order valence-electron chi connectivity index (χ1n) is 7.53. The van der Waals surface area contributed by atoms with E-state index in [-0.39, 0.29) is 5.78 Å². The molecule has 0 spiro atoms. The summed E-state index contributed by atoms with van der Waals surface area (Å²) >= 11 is 6.24. The molecule has 0 saturated heterocycles. The average molecular weight is 317 g/mol. The van der Waals surface area contributed by atoms with Crippen LogP contribution in [0, 0.1) is 12.8 Å². The highest BCUT2D eigenvalue weighted by Crippen LogP contribution is 2.30. The zero-order valence-electron chi connectivity index (χ0n) is 13.2. The fraction of sp³-hybridized carbons (Fsp3) is 0.316. The Kier molecular flexibility index (Phi) is 5.62. The molecule has 3 heteroatoms. The van der Waals surface area contributed by atoms with Crippen molar-refractivity contribution in [2.75, 3.05) is 0 Å². The van der Waals surface area contributed by atoms with Gasteiger partial charge in [0.05, 0.1) is 5.02 Å². The number of aryl methyl sites for hydroxylation is 1. The summed E-state index contributed by atoms with van der Waals surface area (Å²) in [6.07, 6.45) is 1.43. The lowest BCUT2D eigenvalue weighted by Crippen LogP contribution is -2.01. The molecule has 0 heterocycles. The van der Waals surface area contributed by atoms with Gasteiger partial charge in [0.25, 0.3) is 0 Å². The van der Waals surface area contributed by atoms with E-state index in [2.05, 4.69) is 13.8 Å². The molecule has 0 aromatic heterocycles. The maximum Gasteiger partial charge on any atom is 0.162 e. The third-order valence-electron chi connectivity index (χ3n) is 3.45. The summed E-state index contributed by atoms with van der Waals surface area (Å²) in [7, 11) is 0. The number of benzene rings is 2. The number of hydrogen-bond donors (Lipinski definition) is 0. The van der Waals surface area contributed by atoms with Gasteiger partial charge in [-0.2, -0.15) is 0 Å². The van der Waals surface area contributed by atoms with Crippen molar-refractivity contribution in [1.29, 1.82) is 0 Å². The molecule has 0 amide bonds. The van der Waals surface area contributed by atoms with Crippen molar-refractivity contribution in [2.24, 2.45) is 5.92 Å². The van der Waals surface area contributed by atoms with E-state index in [4.69, 9.17) is 16.3 Å². The summed E-state index contributed by atoms with van der Waals surface area (Å²) in [6.45, 7) is 6.24. The molecule has 0 saturated carbocycles. The summed E-state index contributed by atoms with van der Waals surface area (Å²) in [4.78, 5) is 12.1. The van der Waals surface area contributed by atoms with Crippen LogP contribution in [0.5, 0.6) is 11.5 Å². The lowest BCUT2D eigenvalue weighted by Gasteiger charge is -2.09. The molecule has 116 valence electrons. The maximum atomic E-state index is 12.1. The number of rotatable bonds is 6. The van der Waals surface area contributed by atoms with Gasteiger partial charge in [-0.1, -0.05) is 43.1 Å². The second-order valence-electron chi connectivity index (χ2n) is 5.92. The van der Waals surface area contributed by atoms with E-state index in [0.29, 0.717) is 28.7 Å². The van der Waals surface area contributed by atoms with E-state index in [9.17, 15) is 4.79 Å². The SMILES string of the molecule is Cc1ccc(Oc2ccc(C(=O)CCC(C)C)cc2Cl)cc1. The number of halogens is 1. The van der Waals surface area contributed by atoms with Crippen LogP contribution < -0.4 is 4.74 Å². The summed E-state index contributed by atoms with van der Waals surface area (Å²) in [5, 5.41) is 0.455. The minimum absolute atomic E-state index is 0.123. The fourth-order valence-corrected chi connectivity index (χ4v) is 2.27. The number of ketones is 1. The second-order valence-corrected chi connectivity index (χ2v) is 6.32. The van der Waals surface area contributed by atoms with Gasteiger partial charge in [0, 0.05) is 12.0 Å². The molecule has 0 N–H and O–H groups in total. The normalized spacial score (nSPS) is 10.8. The van der Waals surface area contributed by atoms with Gasteiger partial charge in [-0.25, -0.2) is 0 Å². The summed E-state index contributed by atoms with van der Waals surface area (Å²) in [5.74, 6) is 1.93. The molecule has 2 aromatic rings. The topological polar surface area (TPSA) is 26.3 Å². The molecule has 0 radical (unpaired) electrons. The smallest absolute Gasteiger partial charge is 0.162 e. The Bertz CT molecular complexity index is 645. The molecule has 2 nitrogen and oxygen atoms in total. The van der Waals surface area contributed by atoms with Gasteiger partial charge in [0.1, 0.15) is 11.5 Å². The van der Waals surface area contributed by atoms with E-state index >= 15 is 0 Å². The maximum absolute atomic E-state index is 12.1. The number of carbonyl (C=O) groups excluding carboxylic acids is 1. The lowest BCUT2D eigenvalue weighted by atomic mass is 10.0. The van der Waals surface area contributed by atoms with E-state index in [1.807, 2.05) is 31.2 Å². The summed E-state index contributed by atoms with van der Waals surface area (Å²) < 4.78 is 5.75. The van der Waals surface area contributed by atoms with Gasteiger partial charge in [-0.15, -0.1) is 0 Å². The monoisotopic (exact) mass is 316 g/mol. The van der Waals surface area contributed by atoms with Crippen molar-refractivity contribution in [1.82, 2.24) is 0 Å². The van der Waals surface area contributed by atoms with Crippen molar-refractivity contribution in [2.45, 2.75) is 33.6 Å². The molecule has 0 aliphatic carbocycles. The summed E-state index contributed by atoms with van der Waals surface area (Å²) in [6, 6.07) is 13.0. The van der Waals surface area contributed by atoms with Crippen molar-refractivity contribution in [3.8, 4) is 11.5 Å². The van der Waals surface area contributed by atoms with Crippen molar-refractivity contribution >= 4 is 17.4 Å². The highest BCUT2D eigenvalue weighted by atomic mass is 35.5. The number of hydrogen-bond acceptors (Lipinski definition) is 2. The Morgan fingerprint density at radius 3 is 2.41 bits per heavy atom. The first-order chi connectivity index (χ1) is 10.5. The molecule has 0 atom stereocenters. The molecule has 0 bridgehead atoms. The largest absolute Gasteiger partial charge is 0.456 e. The van der Waals surface area contributed by atoms with E-state index in [0.717, 1.165) is 12.2 Å². The zero-order chi connectivity index (χ0) is 16.1. The number of ether oxygens (including phenoxy) is 1.